The molecule has 0 aromatic heterocycles. The largest absolute Gasteiger partial charge is 0.489 e. The van der Waals surface area contributed by atoms with Crippen LogP contribution >= 0.6 is 0 Å². The molecule has 5 rings (SSSR count). The van der Waals surface area contributed by atoms with Crippen molar-refractivity contribution in [2.24, 2.45) is 0 Å². The molecule has 0 bridgehead atoms. The maximum atomic E-state index is 6.04. The molecule has 4 aromatic rings. The highest BCUT2D eigenvalue weighted by molar-refractivity contribution is 5.96. The van der Waals surface area contributed by atoms with Gasteiger partial charge in [0.05, 0.1) is 0 Å². The molecule has 4 aromatic carbocycles. The molecule has 0 atom stereocenters. The summed E-state index contributed by atoms with van der Waals surface area (Å²) in [6.45, 7) is 3.38. The summed E-state index contributed by atoms with van der Waals surface area (Å²) in [5, 5.41) is 0. The van der Waals surface area contributed by atoms with Gasteiger partial charge in [0.2, 0.25) is 0 Å². The van der Waals surface area contributed by atoms with E-state index in [1.165, 1.54) is 39.0 Å². The Morgan fingerprint density at radius 1 is 0.625 bits per heavy atom. The average molecular weight is 419 g/mol. The van der Waals surface area contributed by atoms with Crippen LogP contribution in [0.4, 0.5) is 0 Å². The molecule has 0 N–H and O–H groups in total. The number of ether oxygens (including phenoxy) is 2. The van der Waals surface area contributed by atoms with Crippen LogP contribution in [0.2, 0.25) is 0 Å². The van der Waals surface area contributed by atoms with Crippen LogP contribution in [0.1, 0.15) is 34.7 Å². The van der Waals surface area contributed by atoms with Crippen LogP contribution < -0.4 is 9.47 Å². The topological polar surface area (TPSA) is 18.5 Å². The highest BCUT2D eigenvalue weighted by Crippen LogP contribution is 2.40. The predicted octanol–water partition coefficient (Wildman–Crippen LogP) is 7.33. The average Bonchev–Trinajstić information content (AvgIpc) is 3.19. The maximum absolute atomic E-state index is 6.04. The summed E-state index contributed by atoms with van der Waals surface area (Å²) >= 11 is 0. The molecule has 1 aliphatic rings. The quantitative estimate of drug-likeness (QED) is 0.313. The molecular weight excluding hydrogens is 392 g/mol. The van der Waals surface area contributed by atoms with Gasteiger partial charge in [0.15, 0.2) is 0 Å². The van der Waals surface area contributed by atoms with Crippen LogP contribution in [0.5, 0.6) is 11.5 Å². The predicted molar refractivity (Wildman–Crippen MR) is 131 cm³/mol. The molecule has 0 radical (unpaired) electrons. The van der Waals surface area contributed by atoms with Crippen LogP contribution in [0, 0.1) is 0 Å². The van der Waals surface area contributed by atoms with E-state index in [2.05, 4.69) is 73.7 Å². The van der Waals surface area contributed by atoms with Crippen molar-refractivity contribution in [1.29, 1.82) is 0 Å². The second-order valence-corrected chi connectivity index (χ2v) is 8.17. The minimum atomic E-state index is 0.582. The summed E-state index contributed by atoms with van der Waals surface area (Å²) in [6, 6.07) is 35.4. The van der Waals surface area contributed by atoms with Crippen molar-refractivity contribution in [3.8, 4) is 11.5 Å². The van der Waals surface area contributed by atoms with E-state index in [-0.39, 0.29) is 0 Å². The lowest BCUT2D eigenvalue weighted by Gasteiger charge is -2.09. The first kappa shape index (κ1) is 20.1. The third kappa shape index (κ3) is 4.45. The van der Waals surface area contributed by atoms with E-state index < -0.39 is 0 Å². The van der Waals surface area contributed by atoms with Crippen LogP contribution in [-0.2, 0) is 19.6 Å². The first-order chi connectivity index (χ1) is 15.8. The van der Waals surface area contributed by atoms with E-state index in [1.54, 1.807) is 0 Å². The Bertz CT molecular complexity index is 1220. The van der Waals surface area contributed by atoms with Crippen LogP contribution in [-0.4, -0.2) is 0 Å². The lowest BCUT2D eigenvalue weighted by Crippen LogP contribution is -1.96. The third-order valence-electron chi connectivity index (χ3n) is 6.00. The van der Waals surface area contributed by atoms with E-state index in [1.807, 2.05) is 36.4 Å². The Morgan fingerprint density at radius 2 is 1.19 bits per heavy atom. The molecule has 0 unspecified atom stereocenters. The minimum Gasteiger partial charge on any atom is -0.489 e. The Kier molecular flexibility index (Phi) is 5.76. The number of rotatable bonds is 7. The third-order valence-corrected chi connectivity index (χ3v) is 6.00. The van der Waals surface area contributed by atoms with Crippen molar-refractivity contribution >= 4 is 11.1 Å². The van der Waals surface area contributed by atoms with Gasteiger partial charge in [-0.2, -0.15) is 0 Å². The van der Waals surface area contributed by atoms with Crippen molar-refractivity contribution in [1.82, 2.24) is 0 Å². The first-order valence-electron chi connectivity index (χ1n) is 11.0. The molecule has 158 valence electrons. The van der Waals surface area contributed by atoms with Crippen LogP contribution in [0.3, 0.4) is 0 Å². The number of hydrogen-bond donors (Lipinski definition) is 0. The monoisotopic (exact) mass is 418 g/mol. The molecule has 32 heavy (non-hydrogen) atoms. The van der Waals surface area contributed by atoms with E-state index in [0.717, 1.165) is 17.9 Å². The van der Waals surface area contributed by atoms with Crippen molar-refractivity contribution in [2.45, 2.75) is 26.6 Å². The fourth-order valence-corrected chi connectivity index (χ4v) is 4.21. The van der Waals surface area contributed by atoms with Crippen LogP contribution in [0.15, 0.2) is 103 Å². The Hall–Kier alpha value is -3.78. The number of benzene rings is 4. The summed E-state index contributed by atoms with van der Waals surface area (Å²) < 4.78 is 12.0. The lowest BCUT2D eigenvalue weighted by atomic mass is 10.0. The van der Waals surface area contributed by atoms with E-state index in [4.69, 9.17) is 9.47 Å². The second kappa shape index (κ2) is 9.15. The molecular formula is C30H26O2. The normalized spacial score (nSPS) is 12.5. The van der Waals surface area contributed by atoms with Gasteiger partial charge in [0.25, 0.3) is 0 Å². The summed E-state index contributed by atoms with van der Waals surface area (Å²) in [5.41, 5.74) is 8.95. The van der Waals surface area contributed by atoms with E-state index in [9.17, 15) is 0 Å². The molecule has 2 nitrogen and oxygen atoms in total. The molecule has 1 aliphatic carbocycles. The van der Waals surface area contributed by atoms with Gasteiger partial charge in [0, 0.05) is 0 Å². The molecule has 0 fully saturated rings. The van der Waals surface area contributed by atoms with Crippen LogP contribution in [0.25, 0.3) is 11.1 Å². The van der Waals surface area contributed by atoms with Gasteiger partial charge < -0.3 is 9.47 Å². The lowest BCUT2D eigenvalue weighted by molar-refractivity contribution is 0.306. The van der Waals surface area contributed by atoms with Gasteiger partial charge in [-0.25, -0.2) is 0 Å². The number of hydrogen-bond acceptors (Lipinski definition) is 2. The summed E-state index contributed by atoms with van der Waals surface area (Å²) in [4.78, 5) is 0. The highest BCUT2D eigenvalue weighted by atomic mass is 16.5. The fraction of sp³-hybridized carbons (Fsp3) is 0.133. The van der Waals surface area contributed by atoms with Crippen molar-refractivity contribution in [3.05, 3.63) is 131 Å². The Labute approximate surface area is 189 Å². The zero-order valence-corrected chi connectivity index (χ0v) is 18.3. The fourth-order valence-electron chi connectivity index (χ4n) is 4.21. The van der Waals surface area contributed by atoms with Crippen molar-refractivity contribution < 1.29 is 9.47 Å². The smallest absolute Gasteiger partial charge is 0.120 e. The SMILES string of the molecule is CC1=C(c2ccc(OCc3ccccc3)cc2)Cc2cc(OCc3ccccc3)ccc21. The van der Waals surface area contributed by atoms with Gasteiger partial charge in [0.1, 0.15) is 24.7 Å². The summed E-state index contributed by atoms with van der Waals surface area (Å²) in [7, 11) is 0. The van der Waals surface area contributed by atoms with E-state index >= 15 is 0 Å². The zero-order valence-electron chi connectivity index (χ0n) is 18.3. The molecule has 0 saturated heterocycles. The van der Waals surface area contributed by atoms with Gasteiger partial charge in [-0.05, 0) is 76.6 Å². The standard InChI is InChI=1S/C30H26O2/c1-22-29-17-16-28(32-21-24-10-6-3-7-11-24)18-26(29)19-30(22)25-12-14-27(15-13-25)31-20-23-8-4-2-5-9-23/h2-18H,19-21H2,1H3. The van der Waals surface area contributed by atoms with Gasteiger partial charge >= 0.3 is 0 Å². The number of allylic oxidation sites excluding steroid dienone is 2. The van der Waals surface area contributed by atoms with Gasteiger partial charge in [-0.15, -0.1) is 0 Å². The molecule has 0 amide bonds. The first-order valence-corrected chi connectivity index (χ1v) is 11.0. The maximum Gasteiger partial charge on any atom is 0.120 e. The van der Waals surface area contributed by atoms with Crippen molar-refractivity contribution in [2.75, 3.05) is 0 Å². The summed E-state index contributed by atoms with van der Waals surface area (Å²) in [6.07, 6.45) is 0.925. The second-order valence-electron chi connectivity index (χ2n) is 8.17. The van der Waals surface area contributed by atoms with E-state index in [0.29, 0.717) is 13.2 Å². The summed E-state index contributed by atoms with van der Waals surface area (Å²) in [5.74, 6) is 1.81. The molecule has 0 saturated carbocycles. The van der Waals surface area contributed by atoms with Gasteiger partial charge in [-0.1, -0.05) is 78.9 Å². The minimum absolute atomic E-state index is 0.582. The zero-order chi connectivity index (χ0) is 21.8. The number of fused-ring (bicyclic) bond motifs is 1. The molecule has 0 spiro atoms. The molecule has 0 heterocycles. The molecule has 0 aliphatic heterocycles. The van der Waals surface area contributed by atoms with Gasteiger partial charge in [-0.3, -0.25) is 0 Å². The highest BCUT2D eigenvalue weighted by Gasteiger charge is 2.20. The van der Waals surface area contributed by atoms with Crippen molar-refractivity contribution in [3.63, 3.8) is 0 Å². The Balaban J connectivity index is 1.25. The molecule has 2 heteroatoms. The Morgan fingerprint density at radius 3 is 1.81 bits per heavy atom.